The van der Waals surface area contributed by atoms with Gasteiger partial charge in [0, 0.05) is 10.9 Å². The van der Waals surface area contributed by atoms with E-state index < -0.39 is 0 Å². The summed E-state index contributed by atoms with van der Waals surface area (Å²) in [5.41, 5.74) is 9.49. The lowest BCUT2D eigenvalue weighted by Crippen LogP contribution is -2.18. The molecule has 0 saturated carbocycles. The molecule has 1 aliphatic rings. The maximum atomic E-state index is 5.80. The summed E-state index contributed by atoms with van der Waals surface area (Å²) >= 11 is 0. The lowest BCUT2D eigenvalue weighted by molar-refractivity contribution is 1.19. The quantitative estimate of drug-likeness (QED) is 0.774. The summed E-state index contributed by atoms with van der Waals surface area (Å²) in [6.07, 6.45) is 1.46. The molecule has 0 aliphatic carbocycles. The number of anilines is 1. The Morgan fingerprint density at radius 3 is 2.69 bits per heavy atom. The second-order valence-corrected chi connectivity index (χ2v) is 3.62. The molecule has 0 fully saturated rings. The zero-order valence-corrected chi connectivity index (χ0v) is 8.68. The van der Waals surface area contributed by atoms with Crippen LogP contribution in [0.2, 0.25) is 0 Å². The van der Waals surface area contributed by atoms with Crippen molar-refractivity contribution in [1.82, 2.24) is 9.97 Å². The van der Waals surface area contributed by atoms with E-state index in [1.807, 2.05) is 25.1 Å². The zero-order chi connectivity index (χ0) is 11.1. The highest BCUT2D eigenvalue weighted by molar-refractivity contribution is 6.50. The largest absolute Gasteiger partial charge is 0.383 e. The Balaban J connectivity index is 2.19. The van der Waals surface area contributed by atoms with Gasteiger partial charge in [-0.25, -0.2) is 9.97 Å². The first kappa shape index (κ1) is 8.96. The van der Waals surface area contributed by atoms with Crippen molar-refractivity contribution in [2.75, 3.05) is 5.73 Å². The van der Waals surface area contributed by atoms with E-state index in [1.54, 1.807) is 0 Å². The van der Waals surface area contributed by atoms with Crippen molar-refractivity contribution < 1.29 is 0 Å². The molecule has 0 atom stereocenters. The van der Waals surface area contributed by atoms with Gasteiger partial charge in [0.2, 0.25) is 0 Å². The highest BCUT2D eigenvalue weighted by Crippen LogP contribution is 2.20. The standard InChI is InChI=1S/C11H9N5/c1-6-10(16-15-6)7-2-3-9-8(4-7)11(12)14-5-13-9/h2-5H,1H3,(H2,12,13,14). The molecule has 0 spiro atoms. The number of hydrogen-bond donors (Lipinski definition) is 1. The maximum Gasteiger partial charge on any atom is 0.134 e. The van der Waals surface area contributed by atoms with Crippen molar-refractivity contribution in [1.29, 1.82) is 0 Å². The monoisotopic (exact) mass is 211 g/mol. The topological polar surface area (TPSA) is 76.5 Å². The fourth-order valence-corrected chi connectivity index (χ4v) is 1.69. The van der Waals surface area contributed by atoms with E-state index in [1.165, 1.54) is 6.33 Å². The summed E-state index contributed by atoms with van der Waals surface area (Å²) in [5, 5.41) is 8.70. The van der Waals surface area contributed by atoms with Crippen LogP contribution in [0.15, 0.2) is 34.7 Å². The summed E-state index contributed by atoms with van der Waals surface area (Å²) in [4.78, 5) is 8.11. The summed E-state index contributed by atoms with van der Waals surface area (Å²) in [6.45, 7) is 1.93. The molecule has 2 aromatic rings. The molecule has 3 rings (SSSR count). The molecule has 1 aromatic heterocycles. The van der Waals surface area contributed by atoms with Crippen molar-refractivity contribution >= 4 is 28.1 Å². The Kier molecular flexibility index (Phi) is 1.73. The minimum atomic E-state index is 0.487. The highest BCUT2D eigenvalue weighted by Gasteiger charge is 2.15. The molecule has 0 radical (unpaired) electrons. The van der Waals surface area contributed by atoms with E-state index in [4.69, 9.17) is 5.73 Å². The van der Waals surface area contributed by atoms with Crippen LogP contribution in [-0.2, 0) is 0 Å². The molecule has 1 aliphatic heterocycles. The molecule has 16 heavy (non-hydrogen) atoms. The Morgan fingerprint density at radius 1 is 1.12 bits per heavy atom. The van der Waals surface area contributed by atoms with Gasteiger partial charge in [0.25, 0.3) is 0 Å². The SMILES string of the molecule is CC1=NN=C1c1ccc2ncnc(N)c2c1. The maximum absolute atomic E-state index is 5.80. The van der Waals surface area contributed by atoms with Crippen LogP contribution in [0.4, 0.5) is 5.82 Å². The van der Waals surface area contributed by atoms with Crippen molar-refractivity contribution in [3.63, 3.8) is 0 Å². The fourth-order valence-electron chi connectivity index (χ4n) is 1.69. The molecule has 0 unspecified atom stereocenters. The first-order valence-corrected chi connectivity index (χ1v) is 4.89. The molecule has 0 saturated heterocycles. The smallest absolute Gasteiger partial charge is 0.134 e. The van der Waals surface area contributed by atoms with Gasteiger partial charge in [-0.2, -0.15) is 5.10 Å². The third-order valence-corrected chi connectivity index (χ3v) is 2.58. The minimum absolute atomic E-state index is 0.487. The average Bonchev–Trinajstić information content (AvgIpc) is 2.28. The third kappa shape index (κ3) is 1.18. The molecule has 78 valence electrons. The van der Waals surface area contributed by atoms with Crippen LogP contribution in [-0.4, -0.2) is 21.4 Å². The van der Waals surface area contributed by atoms with Gasteiger partial charge in [-0.15, -0.1) is 5.10 Å². The van der Waals surface area contributed by atoms with E-state index in [2.05, 4.69) is 20.2 Å². The zero-order valence-electron chi connectivity index (χ0n) is 8.68. The van der Waals surface area contributed by atoms with Gasteiger partial charge in [-0.1, -0.05) is 6.07 Å². The van der Waals surface area contributed by atoms with Gasteiger partial charge in [0.1, 0.15) is 17.9 Å². The number of nitrogens with zero attached hydrogens (tertiary/aromatic N) is 4. The molecule has 1 aromatic carbocycles. The number of fused-ring (bicyclic) bond motifs is 1. The van der Waals surface area contributed by atoms with Gasteiger partial charge in [-0.3, -0.25) is 0 Å². The Morgan fingerprint density at radius 2 is 2.00 bits per heavy atom. The number of nitrogens with two attached hydrogens (primary N) is 1. The summed E-state index contributed by atoms with van der Waals surface area (Å²) in [6, 6.07) is 5.82. The van der Waals surface area contributed by atoms with Crippen molar-refractivity contribution in [3.05, 3.63) is 30.1 Å². The van der Waals surface area contributed by atoms with Crippen LogP contribution in [0.1, 0.15) is 12.5 Å². The molecular weight excluding hydrogens is 202 g/mol. The Bertz CT molecular complexity index is 642. The molecular formula is C11H9N5. The molecule has 5 nitrogen and oxygen atoms in total. The second-order valence-electron chi connectivity index (χ2n) is 3.62. The highest BCUT2D eigenvalue weighted by atomic mass is 15.3. The number of nitrogen functional groups attached to an aromatic ring is 1. The van der Waals surface area contributed by atoms with Gasteiger partial charge in [-0.05, 0) is 19.1 Å². The second kappa shape index (κ2) is 3.10. The van der Waals surface area contributed by atoms with E-state index in [0.717, 1.165) is 27.9 Å². The van der Waals surface area contributed by atoms with E-state index in [9.17, 15) is 0 Å². The summed E-state index contributed by atoms with van der Waals surface area (Å²) in [5.74, 6) is 0.487. The normalized spacial score (nSPS) is 14.3. The fraction of sp³-hybridized carbons (Fsp3) is 0.0909. The van der Waals surface area contributed by atoms with Gasteiger partial charge in [0.15, 0.2) is 0 Å². The molecule has 0 amide bonds. The molecule has 2 N–H and O–H groups in total. The summed E-state index contributed by atoms with van der Waals surface area (Å²) in [7, 11) is 0. The van der Waals surface area contributed by atoms with Gasteiger partial charge in [0.05, 0.1) is 11.2 Å². The van der Waals surface area contributed by atoms with Crippen LogP contribution in [0.25, 0.3) is 10.9 Å². The number of benzene rings is 1. The van der Waals surface area contributed by atoms with Crippen LogP contribution in [0.5, 0.6) is 0 Å². The van der Waals surface area contributed by atoms with Gasteiger partial charge < -0.3 is 5.73 Å². The average molecular weight is 211 g/mol. The van der Waals surface area contributed by atoms with Crippen molar-refractivity contribution in [2.24, 2.45) is 10.2 Å². The van der Waals surface area contributed by atoms with E-state index in [-0.39, 0.29) is 0 Å². The molecule has 2 heterocycles. The molecule has 5 heteroatoms. The first-order chi connectivity index (χ1) is 7.75. The lowest BCUT2D eigenvalue weighted by atomic mass is 10.0. The van der Waals surface area contributed by atoms with Crippen LogP contribution >= 0.6 is 0 Å². The van der Waals surface area contributed by atoms with Crippen LogP contribution in [0.3, 0.4) is 0 Å². The van der Waals surface area contributed by atoms with Gasteiger partial charge >= 0.3 is 0 Å². The Hall–Kier alpha value is -2.30. The minimum Gasteiger partial charge on any atom is -0.383 e. The lowest BCUT2D eigenvalue weighted by Gasteiger charge is -2.11. The Labute approximate surface area is 91.7 Å². The van der Waals surface area contributed by atoms with E-state index >= 15 is 0 Å². The van der Waals surface area contributed by atoms with Crippen LogP contribution < -0.4 is 5.73 Å². The van der Waals surface area contributed by atoms with Crippen molar-refractivity contribution in [3.8, 4) is 0 Å². The predicted molar refractivity (Wildman–Crippen MR) is 63.6 cm³/mol. The third-order valence-electron chi connectivity index (χ3n) is 2.58. The number of aromatic nitrogens is 2. The molecule has 0 bridgehead atoms. The first-order valence-electron chi connectivity index (χ1n) is 4.89. The van der Waals surface area contributed by atoms with E-state index in [0.29, 0.717) is 5.82 Å². The van der Waals surface area contributed by atoms with Crippen molar-refractivity contribution in [2.45, 2.75) is 6.92 Å². The number of hydrogen-bond acceptors (Lipinski definition) is 5. The predicted octanol–water partition coefficient (Wildman–Crippen LogP) is 1.39. The summed E-state index contributed by atoms with van der Waals surface area (Å²) < 4.78 is 0. The number of rotatable bonds is 1. The van der Waals surface area contributed by atoms with Crippen LogP contribution in [0, 0.1) is 0 Å².